The predicted molar refractivity (Wildman–Crippen MR) is 77.8 cm³/mol. The summed E-state index contributed by atoms with van der Waals surface area (Å²) in [6.07, 6.45) is 0. The maximum Gasteiger partial charge on any atom is 0.140 e. The molecule has 0 amide bonds. The first-order valence-corrected chi connectivity index (χ1v) is 6.33. The van der Waals surface area contributed by atoms with Gasteiger partial charge in [0.25, 0.3) is 0 Å². The van der Waals surface area contributed by atoms with Crippen LogP contribution in [0.4, 0.5) is 4.39 Å². The Kier molecular flexibility index (Phi) is 4.93. The van der Waals surface area contributed by atoms with Crippen molar-refractivity contribution < 1.29 is 9.13 Å². The minimum absolute atomic E-state index is 0.0127. The van der Waals surface area contributed by atoms with E-state index in [0.717, 1.165) is 11.1 Å². The van der Waals surface area contributed by atoms with Crippen LogP contribution >= 0.6 is 0 Å². The van der Waals surface area contributed by atoms with E-state index in [1.54, 1.807) is 18.2 Å². The minimum atomic E-state index is -0.527. The van der Waals surface area contributed by atoms with Crippen molar-refractivity contribution in [3.63, 3.8) is 0 Å². The standard InChI is InChI=1S/C17H13FN2O/c18-17-7-6-14(9-15(17)11-20)12-21-16-5-1-3-13(10-16)4-2-8-19/h1,3,5-7,9-10H,8,12,19H2. The molecule has 0 heterocycles. The van der Waals surface area contributed by atoms with Crippen LogP contribution in [-0.2, 0) is 6.61 Å². The number of nitrogens with zero attached hydrogens (tertiary/aromatic N) is 1. The van der Waals surface area contributed by atoms with Crippen LogP contribution in [0, 0.1) is 29.0 Å². The number of benzene rings is 2. The number of nitriles is 1. The summed E-state index contributed by atoms with van der Waals surface area (Å²) in [6, 6.07) is 13.4. The molecule has 0 aliphatic heterocycles. The molecular formula is C17H13FN2O. The van der Waals surface area contributed by atoms with Crippen LogP contribution in [0.3, 0.4) is 0 Å². The summed E-state index contributed by atoms with van der Waals surface area (Å²) >= 11 is 0. The van der Waals surface area contributed by atoms with E-state index < -0.39 is 5.82 Å². The van der Waals surface area contributed by atoms with E-state index in [4.69, 9.17) is 15.7 Å². The first-order chi connectivity index (χ1) is 10.2. The fourth-order valence-electron chi connectivity index (χ4n) is 1.73. The van der Waals surface area contributed by atoms with Gasteiger partial charge in [0, 0.05) is 5.56 Å². The Morgan fingerprint density at radius 3 is 2.81 bits per heavy atom. The van der Waals surface area contributed by atoms with E-state index >= 15 is 0 Å². The van der Waals surface area contributed by atoms with E-state index in [1.165, 1.54) is 12.1 Å². The lowest BCUT2D eigenvalue weighted by atomic mass is 10.1. The molecule has 4 heteroatoms. The first kappa shape index (κ1) is 14.6. The second kappa shape index (κ2) is 7.09. The number of ether oxygens (including phenoxy) is 1. The molecule has 0 unspecified atom stereocenters. The highest BCUT2D eigenvalue weighted by molar-refractivity contribution is 5.40. The third kappa shape index (κ3) is 4.07. The highest BCUT2D eigenvalue weighted by atomic mass is 19.1. The van der Waals surface area contributed by atoms with E-state index in [0.29, 0.717) is 12.3 Å². The SMILES string of the molecule is N#Cc1cc(COc2cccc(C#CCN)c2)ccc1F. The van der Waals surface area contributed by atoms with Crippen molar-refractivity contribution in [2.45, 2.75) is 6.61 Å². The summed E-state index contributed by atoms with van der Waals surface area (Å²) in [5, 5.41) is 8.79. The first-order valence-electron chi connectivity index (χ1n) is 6.33. The number of nitrogens with two attached hydrogens (primary N) is 1. The molecule has 21 heavy (non-hydrogen) atoms. The van der Waals surface area contributed by atoms with Crippen LogP contribution < -0.4 is 10.5 Å². The third-order valence-electron chi connectivity index (χ3n) is 2.73. The molecule has 0 atom stereocenters. The van der Waals surface area contributed by atoms with Gasteiger partial charge in [-0.1, -0.05) is 24.0 Å². The van der Waals surface area contributed by atoms with Crippen molar-refractivity contribution in [1.29, 1.82) is 5.26 Å². The highest BCUT2D eigenvalue weighted by Crippen LogP contribution is 2.16. The van der Waals surface area contributed by atoms with Crippen molar-refractivity contribution in [2.24, 2.45) is 5.73 Å². The van der Waals surface area contributed by atoms with E-state index in [9.17, 15) is 4.39 Å². The fraction of sp³-hybridized carbons (Fsp3) is 0.118. The molecule has 2 rings (SSSR count). The molecule has 0 aromatic heterocycles. The molecule has 0 spiro atoms. The molecule has 0 radical (unpaired) electrons. The molecule has 0 aliphatic rings. The fourth-order valence-corrected chi connectivity index (χ4v) is 1.73. The molecule has 3 nitrogen and oxygen atoms in total. The minimum Gasteiger partial charge on any atom is -0.489 e. The number of halogens is 1. The van der Waals surface area contributed by atoms with E-state index in [-0.39, 0.29) is 12.2 Å². The Bertz CT molecular complexity index is 738. The Hall–Kier alpha value is -2.82. The van der Waals surface area contributed by atoms with Gasteiger partial charge in [0.05, 0.1) is 12.1 Å². The van der Waals surface area contributed by atoms with Crippen LogP contribution in [0.1, 0.15) is 16.7 Å². The lowest BCUT2D eigenvalue weighted by Crippen LogP contribution is -1.97. The summed E-state index contributed by atoms with van der Waals surface area (Å²) < 4.78 is 18.8. The molecular weight excluding hydrogens is 267 g/mol. The van der Waals surface area contributed by atoms with Crippen LogP contribution in [-0.4, -0.2) is 6.54 Å². The average Bonchev–Trinajstić information content (AvgIpc) is 2.52. The number of rotatable bonds is 3. The zero-order chi connectivity index (χ0) is 15.1. The zero-order valence-electron chi connectivity index (χ0n) is 11.3. The van der Waals surface area contributed by atoms with E-state index in [1.807, 2.05) is 18.2 Å². The maximum absolute atomic E-state index is 13.2. The molecule has 2 aromatic rings. The molecule has 0 aliphatic carbocycles. The van der Waals surface area contributed by atoms with Crippen LogP contribution in [0.25, 0.3) is 0 Å². The van der Waals surface area contributed by atoms with Crippen molar-refractivity contribution in [3.05, 3.63) is 65.0 Å². The zero-order valence-corrected chi connectivity index (χ0v) is 11.3. The van der Waals surface area contributed by atoms with Crippen molar-refractivity contribution in [3.8, 4) is 23.7 Å². The van der Waals surface area contributed by atoms with Crippen LogP contribution in [0.5, 0.6) is 5.75 Å². The normalized spacial score (nSPS) is 9.38. The maximum atomic E-state index is 13.2. The quantitative estimate of drug-likeness (QED) is 0.879. The van der Waals surface area contributed by atoms with E-state index in [2.05, 4.69) is 11.8 Å². The van der Waals surface area contributed by atoms with Gasteiger partial charge in [0.15, 0.2) is 0 Å². The molecule has 0 saturated carbocycles. The van der Waals surface area contributed by atoms with Gasteiger partial charge in [-0.05, 0) is 35.9 Å². The number of hydrogen-bond acceptors (Lipinski definition) is 3. The van der Waals surface area contributed by atoms with Crippen LogP contribution in [0.15, 0.2) is 42.5 Å². The topological polar surface area (TPSA) is 59.0 Å². The van der Waals surface area contributed by atoms with Gasteiger partial charge in [-0.15, -0.1) is 0 Å². The second-order valence-electron chi connectivity index (χ2n) is 4.25. The lowest BCUT2D eigenvalue weighted by molar-refractivity contribution is 0.306. The number of hydrogen-bond donors (Lipinski definition) is 1. The van der Waals surface area contributed by atoms with Gasteiger partial charge in [-0.2, -0.15) is 5.26 Å². The van der Waals surface area contributed by atoms with Crippen LogP contribution in [0.2, 0.25) is 0 Å². The molecule has 104 valence electrons. The average molecular weight is 280 g/mol. The van der Waals surface area contributed by atoms with Gasteiger partial charge < -0.3 is 10.5 Å². The van der Waals surface area contributed by atoms with Crippen molar-refractivity contribution >= 4 is 0 Å². The molecule has 0 saturated heterocycles. The van der Waals surface area contributed by atoms with Crippen molar-refractivity contribution in [2.75, 3.05) is 6.54 Å². The smallest absolute Gasteiger partial charge is 0.140 e. The Morgan fingerprint density at radius 1 is 1.19 bits per heavy atom. The highest BCUT2D eigenvalue weighted by Gasteiger charge is 2.03. The van der Waals surface area contributed by atoms with Gasteiger partial charge in [-0.3, -0.25) is 0 Å². The summed E-state index contributed by atoms with van der Waals surface area (Å²) in [6.45, 7) is 0.556. The summed E-state index contributed by atoms with van der Waals surface area (Å²) in [7, 11) is 0. The van der Waals surface area contributed by atoms with Gasteiger partial charge >= 0.3 is 0 Å². The molecule has 0 fully saturated rings. The lowest BCUT2D eigenvalue weighted by Gasteiger charge is -2.07. The third-order valence-corrected chi connectivity index (χ3v) is 2.73. The molecule has 2 aromatic carbocycles. The van der Waals surface area contributed by atoms with Gasteiger partial charge in [-0.25, -0.2) is 4.39 Å². The summed E-state index contributed by atoms with van der Waals surface area (Å²) in [5.41, 5.74) is 6.88. The largest absolute Gasteiger partial charge is 0.489 e. The second-order valence-corrected chi connectivity index (χ2v) is 4.25. The Balaban J connectivity index is 2.08. The molecule has 0 bridgehead atoms. The Morgan fingerprint density at radius 2 is 2.05 bits per heavy atom. The summed E-state index contributed by atoms with van der Waals surface area (Å²) in [4.78, 5) is 0. The summed E-state index contributed by atoms with van der Waals surface area (Å²) in [5.74, 6) is 5.82. The molecule has 2 N–H and O–H groups in total. The predicted octanol–water partition coefficient (Wildman–Crippen LogP) is 2.59. The van der Waals surface area contributed by atoms with Gasteiger partial charge in [0.2, 0.25) is 0 Å². The van der Waals surface area contributed by atoms with Crippen molar-refractivity contribution in [1.82, 2.24) is 0 Å². The van der Waals surface area contributed by atoms with Gasteiger partial charge in [0.1, 0.15) is 24.2 Å². The Labute approximate surface area is 122 Å². The monoisotopic (exact) mass is 280 g/mol.